The summed E-state index contributed by atoms with van der Waals surface area (Å²) in [6, 6.07) is 36.2. The Morgan fingerprint density at radius 1 is 0.452 bits per heavy atom. The van der Waals surface area contributed by atoms with Crippen LogP contribution in [0.4, 0.5) is 0 Å². The topological polar surface area (TPSA) is 9.23 Å². The van der Waals surface area contributed by atoms with E-state index in [9.17, 15) is 0 Å². The molecule has 0 aliphatic carbocycles. The molecule has 0 aliphatic heterocycles. The van der Waals surface area contributed by atoms with Gasteiger partial charge in [-0.25, -0.2) is 0 Å². The van der Waals surface area contributed by atoms with Crippen LogP contribution in [0.3, 0.4) is 0 Å². The van der Waals surface area contributed by atoms with E-state index >= 15 is 0 Å². The Balaban J connectivity index is 1.52. The highest BCUT2D eigenvalue weighted by atomic mass is 16.5. The van der Waals surface area contributed by atoms with Crippen LogP contribution < -0.4 is 4.74 Å². The molecular formula is C30H22O. The quantitative estimate of drug-likeness (QED) is 0.349. The highest BCUT2D eigenvalue weighted by Gasteiger charge is 2.05. The largest absolute Gasteiger partial charge is 0.455 e. The van der Waals surface area contributed by atoms with Gasteiger partial charge >= 0.3 is 0 Å². The average Bonchev–Trinajstić information content (AvgIpc) is 2.83. The van der Waals surface area contributed by atoms with Crippen molar-refractivity contribution in [3.05, 3.63) is 131 Å². The van der Waals surface area contributed by atoms with E-state index in [0.717, 1.165) is 22.6 Å². The van der Waals surface area contributed by atoms with E-state index < -0.39 is 0 Å². The Labute approximate surface area is 184 Å². The van der Waals surface area contributed by atoms with Gasteiger partial charge in [0.15, 0.2) is 0 Å². The zero-order valence-electron chi connectivity index (χ0n) is 17.2. The molecule has 0 radical (unpaired) electrons. The molecule has 0 heterocycles. The van der Waals surface area contributed by atoms with Gasteiger partial charge in [-0.1, -0.05) is 109 Å². The lowest BCUT2D eigenvalue weighted by Gasteiger charge is -2.09. The molecule has 1 nitrogen and oxygen atoms in total. The maximum Gasteiger partial charge on any atom is 0.143 e. The molecule has 4 aromatic carbocycles. The van der Waals surface area contributed by atoms with Crippen LogP contribution in [0.2, 0.25) is 0 Å². The molecule has 148 valence electrons. The summed E-state index contributed by atoms with van der Waals surface area (Å²) in [5, 5.41) is 0. The van der Waals surface area contributed by atoms with Crippen LogP contribution in [0.25, 0.3) is 0 Å². The van der Waals surface area contributed by atoms with Gasteiger partial charge < -0.3 is 4.74 Å². The minimum atomic E-state index is 0.705. The Hall–Kier alpha value is -4.20. The summed E-state index contributed by atoms with van der Waals surface area (Å²) in [5.74, 6) is 14.5. The summed E-state index contributed by atoms with van der Waals surface area (Å²) >= 11 is 0. The van der Waals surface area contributed by atoms with E-state index in [-0.39, 0.29) is 0 Å². The smallest absolute Gasteiger partial charge is 0.143 e. The van der Waals surface area contributed by atoms with Crippen LogP contribution in [0.15, 0.2) is 109 Å². The molecule has 0 bridgehead atoms. The molecule has 0 aliphatic rings. The molecule has 0 saturated carbocycles. The van der Waals surface area contributed by atoms with Crippen molar-refractivity contribution >= 4 is 0 Å². The fourth-order valence-corrected chi connectivity index (χ4v) is 3.11. The van der Waals surface area contributed by atoms with E-state index in [1.54, 1.807) is 0 Å². The molecule has 4 rings (SSSR count). The molecule has 1 heteroatoms. The van der Waals surface area contributed by atoms with Crippen LogP contribution in [-0.2, 0) is 12.8 Å². The molecular weight excluding hydrogens is 376 g/mol. The third kappa shape index (κ3) is 5.89. The monoisotopic (exact) mass is 398 g/mol. The van der Waals surface area contributed by atoms with Gasteiger partial charge in [-0.15, -0.1) is 0 Å². The molecule has 0 N–H and O–H groups in total. The first-order chi connectivity index (χ1) is 15.4. The van der Waals surface area contributed by atoms with Gasteiger partial charge in [-0.3, -0.25) is 0 Å². The SMILES string of the molecule is C(#Cc1ccccc1Oc1ccccc1C#CCc1ccccc1)Cc1ccccc1. The number of rotatable bonds is 4. The van der Waals surface area contributed by atoms with E-state index in [1.165, 1.54) is 11.1 Å². The van der Waals surface area contributed by atoms with Crippen molar-refractivity contribution in [1.29, 1.82) is 0 Å². The highest BCUT2D eigenvalue weighted by molar-refractivity contribution is 5.52. The lowest BCUT2D eigenvalue weighted by atomic mass is 10.1. The minimum absolute atomic E-state index is 0.705. The van der Waals surface area contributed by atoms with Crippen molar-refractivity contribution in [3.63, 3.8) is 0 Å². The van der Waals surface area contributed by atoms with E-state index in [4.69, 9.17) is 4.74 Å². The van der Waals surface area contributed by atoms with Gasteiger partial charge in [-0.05, 0) is 35.4 Å². The van der Waals surface area contributed by atoms with Crippen LogP contribution in [-0.4, -0.2) is 0 Å². The first-order valence-corrected chi connectivity index (χ1v) is 10.3. The number of ether oxygens (including phenoxy) is 1. The first kappa shape index (κ1) is 20.1. The minimum Gasteiger partial charge on any atom is -0.455 e. The summed E-state index contributed by atoms with van der Waals surface area (Å²) < 4.78 is 6.24. The third-order valence-corrected chi connectivity index (χ3v) is 4.71. The van der Waals surface area contributed by atoms with E-state index in [2.05, 4.69) is 47.9 Å². The van der Waals surface area contributed by atoms with E-state index in [1.807, 2.05) is 84.9 Å². The second kappa shape index (κ2) is 10.5. The molecule has 0 spiro atoms. The number of hydrogen-bond acceptors (Lipinski definition) is 1. The number of benzene rings is 4. The third-order valence-electron chi connectivity index (χ3n) is 4.71. The average molecular weight is 399 g/mol. The fraction of sp³-hybridized carbons (Fsp3) is 0.0667. The summed E-state index contributed by atoms with van der Waals surface area (Å²) in [6.45, 7) is 0. The molecule has 0 atom stereocenters. The van der Waals surface area contributed by atoms with Gasteiger partial charge in [0.1, 0.15) is 11.5 Å². The highest BCUT2D eigenvalue weighted by Crippen LogP contribution is 2.27. The first-order valence-electron chi connectivity index (χ1n) is 10.3. The maximum atomic E-state index is 6.24. The zero-order chi connectivity index (χ0) is 21.1. The standard InChI is InChI=1S/C30H22O/c1-3-13-25(14-4-1)17-11-21-27-19-7-9-23-29(27)31-30-24-10-8-20-28(30)22-12-18-26-15-5-2-6-16-26/h1-10,13-16,19-20,23-24H,17-18H2. The molecule has 0 aromatic heterocycles. The van der Waals surface area contributed by atoms with Crippen molar-refractivity contribution in [3.8, 4) is 35.2 Å². The Morgan fingerprint density at radius 3 is 1.29 bits per heavy atom. The second-order valence-corrected chi connectivity index (χ2v) is 7.02. The van der Waals surface area contributed by atoms with E-state index in [0.29, 0.717) is 12.8 Å². The van der Waals surface area contributed by atoms with Gasteiger partial charge in [-0.2, -0.15) is 0 Å². The lowest BCUT2D eigenvalue weighted by molar-refractivity contribution is 0.480. The van der Waals surface area contributed by atoms with Gasteiger partial charge in [0.05, 0.1) is 11.1 Å². The molecule has 4 aromatic rings. The summed E-state index contributed by atoms with van der Waals surface area (Å²) in [7, 11) is 0. The van der Waals surface area contributed by atoms with Crippen molar-refractivity contribution in [2.24, 2.45) is 0 Å². The summed E-state index contributed by atoms with van der Waals surface area (Å²) in [5.41, 5.74) is 4.14. The van der Waals surface area contributed by atoms with Gasteiger partial charge in [0, 0.05) is 12.8 Å². The van der Waals surface area contributed by atoms with Crippen molar-refractivity contribution < 1.29 is 4.74 Å². The normalized spacial score (nSPS) is 9.68. The number of hydrogen-bond donors (Lipinski definition) is 0. The molecule has 0 amide bonds. The van der Waals surface area contributed by atoms with Crippen molar-refractivity contribution in [1.82, 2.24) is 0 Å². The molecule has 0 fully saturated rings. The van der Waals surface area contributed by atoms with Crippen LogP contribution in [0.1, 0.15) is 22.3 Å². The Bertz CT molecular complexity index is 1150. The number of para-hydroxylation sites is 2. The zero-order valence-corrected chi connectivity index (χ0v) is 17.2. The maximum absolute atomic E-state index is 6.24. The Morgan fingerprint density at radius 2 is 0.839 bits per heavy atom. The van der Waals surface area contributed by atoms with Crippen LogP contribution >= 0.6 is 0 Å². The van der Waals surface area contributed by atoms with Gasteiger partial charge in [0.25, 0.3) is 0 Å². The van der Waals surface area contributed by atoms with Crippen LogP contribution in [0.5, 0.6) is 11.5 Å². The molecule has 0 saturated heterocycles. The summed E-state index contributed by atoms with van der Waals surface area (Å²) in [6.07, 6.45) is 1.41. The van der Waals surface area contributed by atoms with Crippen molar-refractivity contribution in [2.45, 2.75) is 12.8 Å². The molecule has 0 unspecified atom stereocenters. The Kier molecular flexibility index (Phi) is 6.83. The second-order valence-electron chi connectivity index (χ2n) is 7.02. The molecule has 31 heavy (non-hydrogen) atoms. The predicted octanol–water partition coefficient (Wildman–Crippen LogP) is 6.67. The van der Waals surface area contributed by atoms with Crippen molar-refractivity contribution in [2.75, 3.05) is 0 Å². The van der Waals surface area contributed by atoms with Crippen LogP contribution in [0, 0.1) is 23.7 Å². The summed E-state index contributed by atoms with van der Waals surface area (Å²) in [4.78, 5) is 0. The predicted molar refractivity (Wildman–Crippen MR) is 127 cm³/mol. The fourth-order valence-electron chi connectivity index (χ4n) is 3.11. The van der Waals surface area contributed by atoms with Gasteiger partial charge in [0.2, 0.25) is 0 Å². The lowest BCUT2D eigenvalue weighted by Crippen LogP contribution is -1.91.